The normalized spacial score (nSPS) is 31.3. The monoisotopic (exact) mass is 224 g/mol. The van der Waals surface area contributed by atoms with Crippen molar-refractivity contribution >= 4 is 0 Å². The van der Waals surface area contributed by atoms with Crippen LogP contribution in [0.1, 0.15) is 58.8 Å². The zero-order valence-electron chi connectivity index (χ0n) is 11.0. The standard InChI is InChI=1S/C14H28N2/c1-4-7-13(15)12-8-10-14(11-12,9-5-2)16-6-3/h6,12-13,16H,3-5,7-11,15H2,1-2H3. The van der Waals surface area contributed by atoms with Gasteiger partial charge in [-0.15, -0.1) is 0 Å². The van der Waals surface area contributed by atoms with Crippen LogP contribution in [0.2, 0.25) is 0 Å². The molecule has 2 nitrogen and oxygen atoms in total. The molecule has 0 aromatic rings. The van der Waals surface area contributed by atoms with Crippen molar-refractivity contribution in [2.24, 2.45) is 11.7 Å². The predicted octanol–water partition coefficient (Wildman–Crippen LogP) is 3.19. The van der Waals surface area contributed by atoms with E-state index in [-0.39, 0.29) is 0 Å². The van der Waals surface area contributed by atoms with Gasteiger partial charge in [0.1, 0.15) is 0 Å². The molecule has 3 N–H and O–H groups in total. The van der Waals surface area contributed by atoms with Crippen molar-refractivity contribution in [3.8, 4) is 0 Å². The summed E-state index contributed by atoms with van der Waals surface area (Å²) in [4.78, 5) is 0. The van der Waals surface area contributed by atoms with Gasteiger partial charge in [0.15, 0.2) is 0 Å². The maximum Gasteiger partial charge on any atom is 0.0371 e. The fraction of sp³-hybridized carbons (Fsp3) is 0.857. The molecule has 2 heteroatoms. The molecule has 0 amide bonds. The molecule has 0 bridgehead atoms. The summed E-state index contributed by atoms with van der Waals surface area (Å²) < 4.78 is 0. The first-order valence-electron chi connectivity index (χ1n) is 6.81. The Morgan fingerprint density at radius 2 is 2.25 bits per heavy atom. The van der Waals surface area contributed by atoms with Gasteiger partial charge in [-0.1, -0.05) is 33.3 Å². The Kier molecular flexibility index (Phi) is 5.33. The number of hydrogen-bond acceptors (Lipinski definition) is 2. The van der Waals surface area contributed by atoms with E-state index < -0.39 is 0 Å². The Hall–Kier alpha value is -0.500. The average Bonchev–Trinajstić information content (AvgIpc) is 2.64. The van der Waals surface area contributed by atoms with Crippen LogP contribution >= 0.6 is 0 Å². The van der Waals surface area contributed by atoms with Gasteiger partial charge >= 0.3 is 0 Å². The van der Waals surface area contributed by atoms with E-state index in [0.29, 0.717) is 17.5 Å². The highest BCUT2D eigenvalue weighted by Gasteiger charge is 2.39. The van der Waals surface area contributed by atoms with Crippen molar-refractivity contribution < 1.29 is 0 Å². The van der Waals surface area contributed by atoms with Crippen LogP contribution in [0.25, 0.3) is 0 Å². The summed E-state index contributed by atoms with van der Waals surface area (Å²) >= 11 is 0. The van der Waals surface area contributed by atoms with Gasteiger partial charge in [-0.2, -0.15) is 0 Å². The largest absolute Gasteiger partial charge is 0.386 e. The highest BCUT2D eigenvalue weighted by Crippen LogP contribution is 2.39. The van der Waals surface area contributed by atoms with Gasteiger partial charge in [0.2, 0.25) is 0 Å². The lowest BCUT2D eigenvalue weighted by Gasteiger charge is -2.30. The molecule has 1 aliphatic carbocycles. The molecule has 0 heterocycles. The lowest BCUT2D eigenvalue weighted by Crippen LogP contribution is -2.40. The van der Waals surface area contributed by atoms with Gasteiger partial charge in [0.05, 0.1) is 0 Å². The van der Waals surface area contributed by atoms with E-state index in [2.05, 4.69) is 25.7 Å². The fourth-order valence-corrected chi connectivity index (χ4v) is 3.23. The first-order valence-corrected chi connectivity index (χ1v) is 6.81. The van der Waals surface area contributed by atoms with Crippen LogP contribution < -0.4 is 11.1 Å². The Balaban J connectivity index is 2.55. The van der Waals surface area contributed by atoms with Crippen molar-refractivity contribution in [2.75, 3.05) is 0 Å². The van der Waals surface area contributed by atoms with Crippen LogP contribution in [0.3, 0.4) is 0 Å². The zero-order chi connectivity index (χ0) is 12.0. The molecule has 1 saturated carbocycles. The van der Waals surface area contributed by atoms with Crippen LogP contribution in [0.5, 0.6) is 0 Å². The molecular formula is C14H28N2. The van der Waals surface area contributed by atoms with Gasteiger partial charge in [-0.25, -0.2) is 0 Å². The van der Waals surface area contributed by atoms with Crippen LogP contribution in [0.4, 0.5) is 0 Å². The molecule has 1 fully saturated rings. The molecule has 1 aliphatic rings. The summed E-state index contributed by atoms with van der Waals surface area (Å²) in [6.07, 6.45) is 10.5. The van der Waals surface area contributed by atoms with Crippen LogP contribution in [-0.2, 0) is 0 Å². The molecule has 0 radical (unpaired) electrons. The van der Waals surface area contributed by atoms with Crippen LogP contribution in [-0.4, -0.2) is 11.6 Å². The van der Waals surface area contributed by atoms with E-state index in [4.69, 9.17) is 5.73 Å². The number of rotatable bonds is 7. The zero-order valence-corrected chi connectivity index (χ0v) is 11.0. The molecule has 0 aromatic carbocycles. The molecule has 3 atom stereocenters. The minimum absolute atomic E-state index is 0.298. The second kappa shape index (κ2) is 6.29. The van der Waals surface area contributed by atoms with Crippen molar-refractivity contribution in [3.63, 3.8) is 0 Å². The van der Waals surface area contributed by atoms with E-state index in [9.17, 15) is 0 Å². The summed E-state index contributed by atoms with van der Waals surface area (Å²) in [6.45, 7) is 8.29. The maximum atomic E-state index is 6.25. The summed E-state index contributed by atoms with van der Waals surface area (Å²) in [5.41, 5.74) is 6.55. The highest BCUT2D eigenvalue weighted by atomic mass is 15.0. The van der Waals surface area contributed by atoms with Crippen molar-refractivity contribution in [1.29, 1.82) is 0 Å². The van der Waals surface area contributed by atoms with Crippen LogP contribution in [0, 0.1) is 5.92 Å². The minimum Gasteiger partial charge on any atom is -0.386 e. The van der Waals surface area contributed by atoms with Gasteiger partial charge < -0.3 is 11.1 Å². The third-order valence-electron chi connectivity index (χ3n) is 4.01. The summed E-state index contributed by atoms with van der Waals surface area (Å²) in [5, 5.41) is 3.49. The van der Waals surface area contributed by atoms with E-state index in [1.54, 1.807) is 0 Å². The third kappa shape index (κ3) is 3.24. The molecule has 1 rings (SSSR count). The Morgan fingerprint density at radius 3 is 2.81 bits per heavy atom. The first-order chi connectivity index (χ1) is 7.67. The number of nitrogens with one attached hydrogen (secondary N) is 1. The second-order valence-electron chi connectivity index (χ2n) is 5.33. The molecule has 0 spiro atoms. The third-order valence-corrected chi connectivity index (χ3v) is 4.01. The minimum atomic E-state index is 0.298. The number of hydrogen-bond donors (Lipinski definition) is 2. The van der Waals surface area contributed by atoms with E-state index >= 15 is 0 Å². The topological polar surface area (TPSA) is 38.0 Å². The van der Waals surface area contributed by atoms with Crippen molar-refractivity contribution in [2.45, 2.75) is 70.4 Å². The van der Waals surface area contributed by atoms with Gasteiger partial charge in [0, 0.05) is 11.6 Å². The fourth-order valence-electron chi connectivity index (χ4n) is 3.23. The second-order valence-corrected chi connectivity index (χ2v) is 5.33. The van der Waals surface area contributed by atoms with Crippen LogP contribution in [0.15, 0.2) is 12.8 Å². The first kappa shape index (κ1) is 13.6. The predicted molar refractivity (Wildman–Crippen MR) is 71.2 cm³/mol. The van der Waals surface area contributed by atoms with E-state index in [1.807, 2.05) is 6.20 Å². The SMILES string of the molecule is C=CNC1(CCC)CCC(C(N)CCC)C1. The van der Waals surface area contributed by atoms with Gasteiger partial charge in [0.25, 0.3) is 0 Å². The van der Waals surface area contributed by atoms with Gasteiger partial charge in [-0.05, 0) is 44.2 Å². The Labute approximate surface area is 101 Å². The average molecular weight is 224 g/mol. The van der Waals surface area contributed by atoms with E-state index in [1.165, 1.54) is 44.9 Å². The maximum absolute atomic E-state index is 6.25. The molecule has 0 saturated heterocycles. The van der Waals surface area contributed by atoms with E-state index in [0.717, 1.165) is 0 Å². The lowest BCUT2D eigenvalue weighted by molar-refractivity contribution is 0.312. The smallest absolute Gasteiger partial charge is 0.0371 e. The molecule has 3 unspecified atom stereocenters. The van der Waals surface area contributed by atoms with Gasteiger partial charge in [-0.3, -0.25) is 0 Å². The number of nitrogens with two attached hydrogens (primary N) is 1. The molecule has 0 aliphatic heterocycles. The molecule has 0 aromatic heterocycles. The Bertz CT molecular complexity index is 215. The summed E-state index contributed by atoms with van der Waals surface area (Å²) in [7, 11) is 0. The summed E-state index contributed by atoms with van der Waals surface area (Å²) in [5.74, 6) is 0.707. The highest BCUT2D eigenvalue weighted by molar-refractivity contribution is 5.00. The lowest BCUT2D eigenvalue weighted by atomic mass is 9.88. The van der Waals surface area contributed by atoms with Crippen molar-refractivity contribution in [3.05, 3.63) is 12.8 Å². The Morgan fingerprint density at radius 1 is 1.50 bits per heavy atom. The van der Waals surface area contributed by atoms with Crippen molar-refractivity contribution in [1.82, 2.24) is 5.32 Å². The molecule has 94 valence electrons. The summed E-state index contributed by atoms with van der Waals surface area (Å²) in [6, 6.07) is 0.398. The quantitative estimate of drug-likeness (QED) is 0.697. The molecular weight excluding hydrogens is 196 g/mol. The molecule has 16 heavy (non-hydrogen) atoms.